The van der Waals surface area contributed by atoms with E-state index in [1.54, 1.807) is 0 Å². The van der Waals surface area contributed by atoms with Crippen molar-refractivity contribution in [3.05, 3.63) is 29.8 Å². The molecule has 2 N–H and O–H groups in total. The van der Waals surface area contributed by atoms with Crippen molar-refractivity contribution in [1.29, 1.82) is 0 Å². The second-order valence-corrected chi connectivity index (χ2v) is 4.99. The highest BCUT2D eigenvalue weighted by Crippen LogP contribution is 2.19. The van der Waals surface area contributed by atoms with Gasteiger partial charge in [-0.2, -0.15) is 0 Å². The van der Waals surface area contributed by atoms with Crippen molar-refractivity contribution in [1.82, 2.24) is 0 Å². The minimum atomic E-state index is 0.0560. The summed E-state index contributed by atoms with van der Waals surface area (Å²) >= 11 is 0. The molecule has 0 aromatic heterocycles. The van der Waals surface area contributed by atoms with E-state index >= 15 is 0 Å². The Morgan fingerprint density at radius 2 is 2.39 bits per heavy atom. The topological polar surface area (TPSA) is 44.5 Å². The highest BCUT2D eigenvalue weighted by molar-refractivity contribution is 5.30. The van der Waals surface area contributed by atoms with Crippen molar-refractivity contribution in [2.45, 2.75) is 44.8 Å². The Balaban J connectivity index is 1.70. The quantitative estimate of drug-likeness (QED) is 0.788. The van der Waals surface area contributed by atoms with Gasteiger partial charge in [-0.1, -0.05) is 12.1 Å². The Morgan fingerprint density at radius 3 is 3.11 bits per heavy atom. The minimum Gasteiger partial charge on any atom is -0.494 e. The second-order valence-electron chi connectivity index (χ2n) is 4.99. The van der Waals surface area contributed by atoms with Crippen molar-refractivity contribution in [3.8, 4) is 5.75 Å². The van der Waals surface area contributed by atoms with Gasteiger partial charge in [-0.25, -0.2) is 0 Å². The third kappa shape index (κ3) is 4.00. The zero-order chi connectivity index (χ0) is 12.8. The van der Waals surface area contributed by atoms with Gasteiger partial charge in [-0.15, -0.1) is 0 Å². The van der Waals surface area contributed by atoms with Gasteiger partial charge in [0.2, 0.25) is 0 Å². The maximum absolute atomic E-state index is 5.85. The lowest BCUT2D eigenvalue weighted by Gasteiger charge is -2.11. The van der Waals surface area contributed by atoms with Crippen LogP contribution in [0.15, 0.2) is 24.3 Å². The molecule has 100 valence electrons. The molecule has 1 aromatic carbocycles. The molecule has 1 fully saturated rings. The van der Waals surface area contributed by atoms with Crippen LogP contribution in [0.2, 0.25) is 0 Å². The van der Waals surface area contributed by atoms with Crippen molar-refractivity contribution < 1.29 is 9.47 Å². The smallest absolute Gasteiger partial charge is 0.119 e. The van der Waals surface area contributed by atoms with Crippen molar-refractivity contribution in [2.75, 3.05) is 13.2 Å². The van der Waals surface area contributed by atoms with E-state index in [-0.39, 0.29) is 6.04 Å². The van der Waals surface area contributed by atoms with Gasteiger partial charge in [0.25, 0.3) is 0 Å². The first-order chi connectivity index (χ1) is 8.75. The molecule has 0 bridgehead atoms. The first-order valence-corrected chi connectivity index (χ1v) is 6.85. The van der Waals surface area contributed by atoms with Crippen molar-refractivity contribution in [2.24, 2.45) is 5.73 Å². The monoisotopic (exact) mass is 249 g/mol. The predicted octanol–water partition coefficient (Wildman–Crippen LogP) is 3.04. The Labute approximate surface area is 109 Å². The lowest BCUT2D eigenvalue weighted by molar-refractivity contribution is 0.0981. The van der Waals surface area contributed by atoms with Crippen LogP contribution in [-0.4, -0.2) is 19.3 Å². The highest BCUT2D eigenvalue weighted by Gasteiger charge is 2.14. The molecule has 3 nitrogen and oxygen atoms in total. The molecule has 1 unspecified atom stereocenters. The lowest BCUT2D eigenvalue weighted by atomic mass is 10.1. The summed E-state index contributed by atoms with van der Waals surface area (Å²) in [5, 5.41) is 0. The third-order valence-electron chi connectivity index (χ3n) is 3.35. The van der Waals surface area contributed by atoms with Gasteiger partial charge >= 0.3 is 0 Å². The van der Waals surface area contributed by atoms with Crippen LogP contribution in [0.1, 0.15) is 44.2 Å². The number of hydrogen-bond donors (Lipinski definition) is 1. The largest absolute Gasteiger partial charge is 0.494 e. The molecule has 0 saturated carbocycles. The van der Waals surface area contributed by atoms with Gasteiger partial charge in [-0.05, 0) is 50.3 Å². The molecule has 2 rings (SSSR count). The van der Waals surface area contributed by atoms with Crippen molar-refractivity contribution in [3.63, 3.8) is 0 Å². The zero-order valence-corrected chi connectivity index (χ0v) is 11.1. The summed E-state index contributed by atoms with van der Waals surface area (Å²) in [4.78, 5) is 0. The normalized spacial score (nSPS) is 20.9. The van der Waals surface area contributed by atoms with Gasteiger partial charge in [0, 0.05) is 12.6 Å². The average molecular weight is 249 g/mol. The lowest BCUT2D eigenvalue weighted by Crippen LogP contribution is -2.08. The van der Waals surface area contributed by atoms with Crippen LogP contribution >= 0.6 is 0 Å². The maximum Gasteiger partial charge on any atom is 0.119 e. The van der Waals surface area contributed by atoms with E-state index in [0.717, 1.165) is 37.4 Å². The molecule has 0 spiro atoms. The summed E-state index contributed by atoms with van der Waals surface area (Å²) in [6.07, 6.45) is 5.03. The Morgan fingerprint density at radius 1 is 1.50 bits per heavy atom. The van der Waals surface area contributed by atoms with Gasteiger partial charge in [0.05, 0.1) is 12.7 Å². The molecule has 0 radical (unpaired) electrons. The maximum atomic E-state index is 5.85. The molecule has 0 aliphatic carbocycles. The van der Waals surface area contributed by atoms with Crippen LogP contribution in [-0.2, 0) is 4.74 Å². The van der Waals surface area contributed by atoms with E-state index in [1.807, 2.05) is 31.2 Å². The summed E-state index contributed by atoms with van der Waals surface area (Å²) in [6, 6.07) is 8.09. The molecule has 1 aliphatic heterocycles. The highest BCUT2D eigenvalue weighted by atomic mass is 16.5. The number of hydrogen-bond acceptors (Lipinski definition) is 3. The number of nitrogens with two attached hydrogens (primary N) is 1. The first kappa shape index (κ1) is 13.4. The Hall–Kier alpha value is -1.06. The molecule has 1 aromatic rings. The number of rotatable bonds is 6. The summed E-state index contributed by atoms with van der Waals surface area (Å²) in [6.45, 7) is 3.67. The molecule has 2 atom stereocenters. The van der Waals surface area contributed by atoms with Gasteiger partial charge < -0.3 is 15.2 Å². The van der Waals surface area contributed by atoms with Gasteiger partial charge in [-0.3, -0.25) is 0 Å². The van der Waals surface area contributed by atoms with Crippen LogP contribution in [0, 0.1) is 0 Å². The average Bonchev–Trinajstić information content (AvgIpc) is 2.88. The SMILES string of the molecule is C[C@@H](N)c1cccc(OCCCC2CCCO2)c1. The predicted molar refractivity (Wildman–Crippen MR) is 72.7 cm³/mol. The zero-order valence-electron chi connectivity index (χ0n) is 11.1. The summed E-state index contributed by atoms with van der Waals surface area (Å²) in [5.74, 6) is 0.914. The summed E-state index contributed by atoms with van der Waals surface area (Å²) < 4.78 is 11.3. The molecule has 1 aliphatic rings. The molecule has 18 heavy (non-hydrogen) atoms. The van der Waals surface area contributed by atoms with Crippen molar-refractivity contribution >= 4 is 0 Å². The third-order valence-corrected chi connectivity index (χ3v) is 3.35. The fourth-order valence-electron chi connectivity index (χ4n) is 2.26. The summed E-state index contributed by atoms with van der Waals surface area (Å²) in [5.41, 5.74) is 6.97. The van der Waals surface area contributed by atoms with Gasteiger partial charge in [0.1, 0.15) is 5.75 Å². The van der Waals surface area contributed by atoms with Crippen LogP contribution in [0.5, 0.6) is 5.75 Å². The van der Waals surface area contributed by atoms with Gasteiger partial charge in [0.15, 0.2) is 0 Å². The van der Waals surface area contributed by atoms with E-state index in [0.29, 0.717) is 6.10 Å². The van der Waals surface area contributed by atoms with E-state index in [4.69, 9.17) is 15.2 Å². The molecule has 0 amide bonds. The van der Waals surface area contributed by atoms with E-state index < -0.39 is 0 Å². The number of benzene rings is 1. The molecular formula is C15H23NO2. The van der Waals surface area contributed by atoms with Crippen LogP contribution in [0.3, 0.4) is 0 Å². The Kier molecular flexibility index (Phi) is 5.02. The van der Waals surface area contributed by atoms with E-state index in [9.17, 15) is 0 Å². The standard InChI is InChI=1S/C15H23NO2/c1-12(16)13-5-2-6-15(11-13)18-10-4-8-14-7-3-9-17-14/h2,5-6,11-12,14H,3-4,7-10,16H2,1H3/t12-,14?/m1/s1. The molecular weight excluding hydrogens is 226 g/mol. The fraction of sp³-hybridized carbons (Fsp3) is 0.600. The van der Waals surface area contributed by atoms with E-state index in [2.05, 4.69) is 0 Å². The number of ether oxygens (including phenoxy) is 2. The molecule has 1 saturated heterocycles. The Bertz CT molecular complexity index is 359. The molecule has 1 heterocycles. The molecule has 3 heteroatoms. The van der Waals surface area contributed by atoms with E-state index in [1.165, 1.54) is 12.8 Å². The van der Waals surface area contributed by atoms with Crippen LogP contribution in [0.25, 0.3) is 0 Å². The minimum absolute atomic E-state index is 0.0560. The first-order valence-electron chi connectivity index (χ1n) is 6.85. The fourth-order valence-corrected chi connectivity index (χ4v) is 2.26. The van der Waals surface area contributed by atoms with Crippen LogP contribution in [0.4, 0.5) is 0 Å². The van der Waals surface area contributed by atoms with Crippen LogP contribution < -0.4 is 10.5 Å². The summed E-state index contributed by atoms with van der Waals surface area (Å²) in [7, 11) is 0. The second kappa shape index (κ2) is 6.76.